The van der Waals surface area contributed by atoms with Crippen molar-refractivity contribution in [1.29, 1.82) is 0 Å². The predicted octanol–water partition coefficient (Wildman–Crippen LogP) is -0.257. The number of nitrogens with zero attached hydrogens (tertiary/aromatic N) is 1. The Bertz CT molecular complexity index is 170. The topological polar surface area (TPSA) is 37.4 Å². The summed E-state index contributed by atoms with van der Waals surface area (Å²) in [5.41, 5.74) is 0. The molecule has 1 heterocycles. The van der Waals surface area contributed by atoms with Crippen LogP contribution in [0.15, 0.2) is 12.2 Å². The summed E-state index contributed by atoms with van der Waals surface area (Å²) in [6.45, 7) is 3.63. The Morgan fingerprint density at radius 2 is 1.70 bits per heavy atom. The number of imide groups is 1. The number of carbonyl (C=O) groups is 2. The second kappa shape index (κ2) is 3.99. The first-order valence-electron chi connectivity index (χ1n) is 2.58. The fraction of sp³-hybridized carbons (Fsp3) is 0.167. The fourth-order valence-electron chi connectivity index (χ4n) is 0.652. The number of amides is 2. The molecular formula is C6H6NO2Y-. The maximum atomic E-state index is 10.6. The third kappa shape index (κ3) is 1.73. The van der Waals surface area contributed by atoms with Crippen LogP contribution >= 0.6 is 0 Å². The predicted molar refractivity (Wildman–Crippen MR) is 31.2 cm³/mol. The van der Waals surface area contributed by atoms with Gasteiger partial charge in [-0.05, 0) is 0 Å². The molecule has 1 aliphatic heterocycles. The van der Waals surface area contributed by atoms with E-state index in [1.165, 1.54) is 12.2 Å². The van der Waals surface area contributed by atoms with Gasteiger partial charge in [0.25, 0.3) is 11.8 Å². The third-order valence-corrected chi connectivity index (χ3v) is 1.12. The standard InChI is InChI=1S/C6H6NO2.Y/c1-2-7-5(8)3-4-6(7)9;/h3-4H,1-2H2;/q-1;. The normalized spacial score (nSPS) is 15.9. The maximum absolute atomic E-state index is 10.6. The minimum absolute atomic E-state index is 0. The van der Waals surface area contributed by atoms with E-state index in [2.05, 4.69) is 6.92 Å². The molecule has 0 unspecified atom stereocenters. The molecule has 0 aromatic rings. The summed E-state index contributed by atoms with van der Waals surface area (Å²) in [6, 6.07) is 0. The molecule has 0 N–H and O–H groups in total. The summed E-state index contributed by atoms with van der Waals surface area (Å²) in [4.78, 5) is 22.3. The molecule has 0 fully saturated rings. The van der Waals surface area contributed by atoms with Gasteiger partial charge in [0.05, 0.1) is 0 Å². The zero-order valence-corrected chi connectivity index (χ0v) is 8.25. The molecule has 0 saturated carbocycles. The number of hydrogen-bond acceptors (Lipinski definition) is 2. The van der Waals surface area contributed by atoms with Gasteiger partial charge in [0.1, 0.15) is 0 Å². The zero-order valence-electron chi connectivity index (χ0n) is 5.41. The van der Waals surface area contributed by atoms with Gasteiger partial charge < -0.3 is 11.8 Å². The molecule has 0 spiro atoms. The van der Waals surface area contributed by atoms with Crippen molar-refractivity contribution in [2.24, 2.45) is 0 Å². The summed E-state index contributed by atoms with van der Waals surface area (Å²) < 4.78 is 0. The molecule has 0 atom stereocenters. The van der Waals surface area contributed by atoms with Gasteiger partial charge >= 0.3 is 0 Å². The van der Waals surface area contributed by atoms with Gasteiger partial charge in [-0.1, -0.05) is 6.54 Å². The van der Waals surface area contributed by atoms with E-state index in [1.54, 1.807) is 0 Å². The van der Waals surface area contributed by atoms with E-state index in [4.69, 9.17) is 0 Å². The van der Waals surface area contributed by atoms with Crippen LogP contribution in [0, 0.1) is 6.92 Å². The van der Waals surface area contributed by atoms with Crippen LogP contribution in [0.5, 0.6) is 0 Å². The van der Waals surface area contributed by atoms with Crippen LogP contribution in [0.4, 0.5) is 0 Å². The van der Waals surface area contributed by atoms with Crippen LogP contribution in [-0.4, -0.2) is 23.3 Å². The first-order chi connectivity index (χ1) is 4.25. The Balaban J connectivity index is 0.000000810. The molecule has 51 valence electrons. The van der Waals surface area contributed by atoms with E-state index in [0.29, 0.717) is 0 Å². The SMILES string of the molecule is [CH2-]CN1C(=O)C=CC1=O.[Y]. The van der Waals surface area contributed by atoms with Crippen LogP contribution in [0.1, 0.15) is 0 Å². The largest absolute Gasteiger partial charge is 0.324 e. The molecule has 10 heavy (non-hydrogen) atoms. The average Bonchev–Trinajstić information content (AvgIpc) is 2.12. The maximum Gasteiger partial charge on any atom is 0.251 e. The number of carbonyl (C=O) groups excluding carboxylic acids is 2. The van der Waals surface area contributed by atoms with Crippen molar-refractivity contribution in [1.82, 2.24) is 4.90 Å². The van der Waals surface area contributed by atoms with Crippen molar-refractivity contribution < 1.29 is 42.3 Å². The molecule has 0 aliphatic carbocycles. The molecule has 0 bridgehead atoms. The monoisotopic (exact) mass is 213 g/mol. The summed E-state index contributed by atoms with van der Waals surface area (Å²) in [5.74, 6) is -0.537. The first-order valence-corrected chi connectivity index (χ1v) is 2.58. The number of hydrogen-bond donors (Lipinski definition) is 0. The van der Waals surface area contributed by atoms with Gasteiger partial charge in [-0.25, -0.2) is 0 Å². The van der Waals surface area contributed by atoms with E-state index in [-0.39, 0.29) is 51.1 Å². The number of rotatable bonds is 1. The molecule has 4 heteroatoms. The summed E-state index contributed by atoms with van der Waals surface area (Å²) in [7, 11) is 0. The molecular weight excluding hydrogens is 207 g/mol. The first kappa shape index (κ1) is 9.98. The summed E-state index contributed by atoms with van der Waals surface area (Å²) >= 11 is 0. The van der Waals surface area contributed by atoms with Crippen molar-refractivity contribution in [3.8, 4) is 0 Å². The molecule has 0 aromatic heterocycles. The van der Waals surface area contributed by atoms with E-state index in [9.17, 15) is 9.59 Å². The molecule has 1 radical (unpaired) electrons. The van der Waals surface area contributed by atoms with Crippen LogP contribution in [0.3, 0.4) is 0 Å². The Morgan fingerprint density at radius 3 is 1.90 bits per heavy atom. The Hall–Kier alpha value is -0.0161. The Labute approximate surface area is 84.3 Å². The summed E-state index contributed by atoms with van der Waals surface area (Å²) in [6.07, 6.45) is 2.49. The quantitative estimate of drug-likeness (QED) is 0.444. The average molecular weight is 213 g/mol. The Kier molecular flexibility index (Phi) is 3.98. The molecule has 1 rings (SSSR count). The van der Waals surface area contributed by atoms with Crippen LogP contribution < -0.4 is 0 Å². The molecule has 1 aliphatic rings. The van der Waals surface area contributed by atoms with Gasteiger partial charge in [-0.2, -0.15) is 0 Å². The second-order valence-corrected chi connectivity index (χ2v) is 1.66. The van der Waals surface area contributed by atoms with Crippen molar-refractivity contribution in [3.05, 3.63) is 19.1 Å². The minimum Gasteiger partial charge on any atom is -0.324 e. The van der Waals surface area contributed by atoms with E-state index >= 15 is 0 Å². The zero-order chi connectivity index (χ0) is 6.85. The van der Waals surface area contributed by atoms with E-state index in [0.717, 1.165) is 4.90 Å². The van der Waals surface area contributed by atoms with Gasteiger partial charge in [0.2, 0.25) is 0 Å². The van der Waals surface area contributed by atoms with Gasteiger partial charge in [0.15, 0.2) is 0 Å². The van der Waals surface area contributed by atoms with Gasteiger partial charge in [0, 0.05) is 44.9 Å². The Morgan fingerprint density at radius 1 is 1.30 bits per heavy atom. The molecule has 0 aromatic carbocycles. The summed E-state index contributed by atoms with van der Waals surface area (Å²) in [5, 5.41) is 0. The van der Waals surface area contributed by atoms with Gasteiger partial charge in [-0.15, -0.1) is 0 Å². The second-order valence-electron chi connectivity index (χ2n) is 1.66. The third-order valence-electron chi connectivity index (χ3n) is 1.12. The van der Waals surface area contributed by atoms with Crippen molar-refractivity contribution in [2.75, 3.05) is 6.54 Å². The van der Waals surface area contributed by atoms with Crippen molar-refractivity contribution in [2.45, 2.75) is 0 Å². The van der Waals surface area contributed by atoms with E-state index in [1.807, 2.05) is 0 Å². The minimum atomic E-state index is -0.269. The van der Waals surface area contributed by atoms with Crippen LogP contribution in [0.25, 0.3) is 0 Å². The molecule has 2 amide bonds. The van der Waals surface area contributed by atoms with Crippen LogP contribution in [-0.2, 0) is 42.3 Å². The smallest absolute Gasteiger partial charge is 0.251 e. The molecule has 0 saturated heterocycles. The van der Waals surface area contributed by atoms with Crippen molar-refractivity contribution in [3.63, 3.8) is 0 Å². The van der Waals surface area contributed by atoms with Crippen molar-refractivity contribution >= 4 is 11.8 Å². The van der Waals surface area contributed by atoms with E-state index < -0.39 is 0 Å². The van der Waals surface area contributed by atoms with Gasteiger partial charge in [-0.3, -0.25) is 9.59 Å². The fourth-order valence-corrected chi connectivity index (χ4v) is 0.652. The van der Waals surface area contributed by atoms with Crippen LogP contribution in [0.2, 0.25) is 0 Å². The molecule has 3 nitrogen and oxygen atoms in total.